The quantitative estimate of drug-likeness (QED) is 0.804. The molecule has 0 saturated carbocycles. The number of aryl methyl sites for hydroxylation is 2. The summed E-state index contributed by atoms with van der Waals surface area (Å²) >= 11 is 1.23. The third-order valence-electron chi connectivity index (χ3n) is 3.83. The molecule has 6 nitrogen and oxygen atoms in total. The average molecular weight is 356 g/mol. The second-order valence-corrected chi connectivity index (χ2v) is 6.47. The van der Waals surface area contributed by atoms with Gasteiger partial charge in [-0.25, -0.2) is 4.79 Å². The fourth-order valence-corrected chi connectivity index (χ4v) is 3.38. The van der Waals surface area contributed by atoms with Gasteiger partial charge in [0.05, 0.1) is 5.56 Å². The summed E-state index contributed by atoms with van der Waals surface area (Å²) in [4.78, 5) is 23.5. The molecule has 1 aliphatic carbocycles. The Balaban J connectivity index is 1.42. The van der Waals surface area contributed by atoms with E-state index in [1.54, 1.807) is 11.4 Å². The van der Waals surface area contributed by atoms with Crippen molar-refractivity contribution in [2.75, 3.05) is 18.5 Å². The molecular formula is C18H16N2O4S. The maximum atomic E-state index is 11.8. The topological polar surface area (TPSA) is 88.4 Å². The molecule has 1 aromatic carbocycles. The number of rotatable bonds is 6. The van der Waals surface area contributed by atoms with E-state index in [0.29, 0.717) is 16.3 Å². The molecule has 25 heavy (non-hydrogen) atoms. The van der Waals surface area contributed by atoms with E-state index in [1.807, 2.05) is 24.3 Å². The Labute approximate surface area is 149 Å². The highest BCUT2D eigenvalue weighted by atomic mass is 32.1. The third-order valence-corrected chi connectivity index (χ3v) is 4.66. The van der Waals surface area contributed by atoms with Gasteiger partial charge in [-0.1, -0.05) is 6.07 Å². The van der Waals surface area contributed by atoms with Gasteiger partial charge in [-0.15, -0.1) is 11.3 Å². The lowest BCUT2D eigenvalue weighted by Gasteiger charge is -2.08. The van der Waals surface area contributed by atoms with Gasteiger partial charge in [0.15, 0.2) is 13.2 Å². The normalized spacial score (nSPS) is 12.1. The summed E-state index contributed by atoms with van der Waals surface area (Å²) in [5, 5.41) is 13.6. The van der Waals surface area contributed by atoms with Crippen LogP contribution in [0.15, 0.2) is 29.6 Å². The molecular weight excluding hydrogens is 340 g/mol. The summed E-state index contributed by atoms with van der Waals surface area (Å²) in [6.45, 7) is -0.677. The monoisotopic (exact) mass is 356 g/mol. The van der Waals surface area contributed by atoms with Crippen molar-refractivity contribution < 1.29 is 19.1 Å². The maximum absolute atomic E-state index is 11.8. The van der Waals surface area contributed by atoms with Crippen LogP contribution in [0.25, 0.3) is 0 Å². The molecule has 0 radical (unpaired) electrons. The number of ether oxygens (including phenoxy) is 2. The fourth-order valence-electron chi connectivity index (χ4n) is 2.62. The predicted molar refractivity (Wildman–Crippen MR) is 92.6 cm³/mol. The number of nitrogens with one attached hydrogen (secondary N) is 1. The van der Waals surface area contributed by atoms with Crippen LogP contribution in [0, 0.1) is 11.3 Å². The highest BCUT2D eigenvalue weighted by Gasteiger charge is 2.13. The average Bonchev–Trinajstić information content (AvgIpc) is 3.26. The number of hydrogen-bond donors (Lipinski definition) is 1. The van der Waals surface area contributed by atoms with Crippen molar-refractivity contribution in [3.63, 3.8) is 0 Å². The predicted octanol–water partition coefficient (Wildman–Crippen LogP) is 2.67. The number of anilines is 1. The molecule has 0 aliphatic heterocycles. The van der Waals surface area contributed by atoms with Gasteiger partial charge < -0.3 is 14.8 Å². The van der Waals surface area contributed by atoms with Crippen LogP contribution in [-0.2, 0) is 27.2 Å². The van der Waals surface area contributed by atoms with E-state index in [4.69, 9.17) is 14.7 Å². The minimum atomic E-state index is -0.623. The van der Waals surface area contributed by atoms with E-state index in [2.05, 4.69) is 5.32 Å². The van der Waals surface area contributed by atoms with Crippen molar-refractivity contribution in [2.45, 2.75) is 19.3 Å². The number of benzene rings is 1. The molecule has 3 rings (SSSR count). The van der Waals surface area contributed by atoms with Gasteiger partial charge in [0.1, 0.15) is 16.8 Å². The molecule has 1 amide bonds. The molecule has 7 heteroatoms. The summed E-state index contributed by atoms with van der Waals surface area (Å²) in [7, 11) is 0. The van der Waals surface area contributed by atoms with Crippen LogP contribution in [0.3, 0.4) is 0 Å². The van der Waals surface area contributed by atoms with Gasteiger partial charge in [0.2, 0.25) is 0 Å². The van der Waals surface area contributed by atoms with E-state index >= 15 is 0 Å². The Hall–Kier alpha value is -2.85. The second kappa shape index (κ2) is 7.81. The van der Waals surface area contributed by atoms with Crippen LogP contribution in [0.4, 0.5) is 5.00 Å². The summed E-state index contributed by atoms with van der Waals surface area (Å²) in [6, 6.07) is 9.38. The number of nitrogens with zero attached hydrogens (tertiary/aromatic N) is 1. The van der Waals surface area contributed by atoms with Gasteiger partial charge in [0.25, 0.3) is 5.91 Å². The van der Waals surface area contributed by atoms with E-state index in [-0.39, 0.29) is 6.61 Å². The lowest BCUT2D eigenvalue weighted by Crippen LogP contribution is -2.23. The number of hydrogen-bond acceptors (Lipinski definition) is 6. The number of thiophene rings is 1. The van der Waals surface area contributed by atoms with Gasteiger partial charge >= 0.3 is 5.97 Å². The molecule has 0 atom stereocenters. The summed E-state index contributed by atoms with van der Waals surface area (Å²) in [5.74, 6) is -0.494. The Morgan fingerprint density at radius 3 is 2.88 bits per heavy atom. The van der Waals surface area contributed by atoms with E-state index in [9.17, 15) is 9.59 Å². The first-order valence-corrected chi connectivity index (χ1v) is 8.71. The number of fused-ring (bicyclic) bond motifs is 1. The number of amides is 1. The zero-order chi connectivity index (χ0) is 17.6. The first kappa shape index (κ1) is 17.0. The largest absolute Gasteiger partial charge is 0.482 e. The number of carbonyl (C=O) groups excluding carboxylic acids is 2. The van der Waals surface area contributed by atoms with Crippen LogP contribution >= 0.6 is 11.3 Å². The smallest absolute Gasteiger partial charge is 0.344 e. The molecule has 1 N–H and O–H groups in total. The van der Waals surface area contributed by atoms with Crippen LogP contribution in [0.5, 0.6) is 5.75 Å². The first-order chi connectivity index (χ1) is 12.2. The number of nitriles is 1. The molecule has 2 aromatic rings. The first-order valence-electron chi connectivity index (χ1n) is 7.83. The summed E-state index contributed by atoms with van der Waals surface area (Å²) in [5.41, 5.74) is 2.97. The molecule has 0 fully saturated rings. The van der Waals surface area contributed by atoms with E-state index in [0.717, 1.165) is 19.3 Å². The molecule has 1 aromatic heterocycles. The highest BCUT2D eigenvalue weighted by molar-refractivity contribution is 7.14. The molecule has 1 aliphatic rings. The SMILES string of the molecule is N#Cc1ccsc1NC(=O)COC(=O)COc1ccc2c(c1)CCC2. The van der Waals surface area contributed by atoms with Crippen LogP contribution in [0.2, 0.25) is 0 Å². The number of carbonyl (C=O) groups is 2. The third kappa shape index (κ3) is 4.37. The van der Waals surface area contributed by atoms with Gasteiger partial charge in [-0.3, -0.25) is 4.79 Å². The molecule has 128 valence electrons. The lowest BCUT2D eigenvalue weighted by atomic mass is 10.1. The summed E-state index contributed by atoms with van der Waals surface area (Å²) < 4.78 is 10.3. The minimum absolute atomic E-state index is 0.255. The van der Waals surface area contributed by atoms with E-state index in [1.165, 1.54) is 22.5 Å². The van der Waals surface area contributed by atoms with Gasteiger partial charge in [-0.05, 0) is 54.0 Å². The Kier molecular flexibility index (Phi) is 5.31. The van der Waals surface area contributed by atoms with E-state index < -0.39 is 18.5 Å². The van der Waals surface area contributed by atoms with Crippen LogP contribution in [0.1, 0.15) is 23.1 Å². The summed E-state index contributed by atoms with van der Waals surface area (Å²) in [6.07, 6.45) is 3.27. The van der Waals surface area contributed by atoms with Crippen molar-refractivity contribution >= 4 is 28.2 Å². The highest BCUT2D eigenvalue weighted by Crippen LogP contribution is 2.26. The standard InChI is InChI=1S/C18H16N2O4S/c19-9-14-6-7-25-18(14)20-16(21)10-24-17(22)11-23-15-5-4-12-2-1-3-13(12)8-15/h4-8H,1-3,10-11H2,(H,20,21). The second-order valence-electron chi connectivity index (χ2n) is 5.56. The fraction of sp³-hybridized carbons (Fsp3) is 0.278. The molecule has 0 saturated heterocycles. The van der Waals surface area contributed by atoms with Gasteiger partial charge in [0, 0.05) is 0 Å². The lowest BCUT2D eigenvalue weighted by molar-refractivity contribution is -0.149. The van der Waals surface area contributed by atoms with Crippen molar-refractivity contribution in [1.29, 1.82) is 5.26 Å². The minimum Gasteiger partial charge on any atom is -0.482 e. The zero-order valence-electron chi connectivity index (χ0n) is 13.4. The molecule has 0 unspecified atom stereocenters. The van der Waals surface area contributed by atoms with Crippen LogP contribution < -0.4 is 10.1 Å². The van der Waals surface area contributed by atoms with Crippen molar-refractivity contribution in [2.24, 2.45) is 0 Å². The zero-order valence-corrected chi connectivity index (χ0v) is 14.2. The molecule has 1 heterocycles. The van der Waals surface area contributed by atoms with Crippen molar-refractivity contribution in [3.8, 4) is 11.8 Å². The number of esters is 1. The van der Waals surface area contributed by atoms with Crippen molar-refractivity contribution in [1.82, 2.24) is 0 Å². The Bertz CT molecular complexity index is 838. The Morgan fingerprint density at radius 2 is 2.04 bits per heavy atom. The maximum Gasteiger partial charge on any atom is 0.344 e. The molecule has 0 bridgehead atoms. The van der Waals surface area contributed by atoms with Crippen molar-refractivity contribution in [3.05, 3.63) is 46.3 Å². The molecule has 0 spiro atoms. The van der Waals surface area contributed by atoms with Crippen LogP contribution in [-0.4, -0.2) is 25.1 Å². The van der Waals surface area contributed by atoms with Gasteiger partial charge in [-0.2, -0.15) is 5.26 Å². The Morgan fingerprint density at radius 1 is 1.20 bits per heavy atom.